The fraction of sp³-hybridized carbons (Fsp3) is 0.467. The van der Waals surface area contributed by atoms with E-state index in [4.69, 9.17) is 11.0 Å². The van der Waals surface area contributed by atoms with Gasteiger partial charge in [-0.3, -0.25) is 4.79 Å². The fourth-order valence-corrected chi connectivity index (χ4v) is 2.68. The number of hydrogen-bond donors (Lipinski definition) is 2. The van der Waals surface area contributed by atoms with E-state index in [1.807, 2.05) is 6.07 Å². The molecule has 1 fully saturated rings. The van der Waals surface area contributed by atoms with Crippen molar-refractivity contribution in [3.8, 4) is 6.07 Å². The van der Waals surface area contributed by atoms with Crippen LogP contribution < -0.4 is 11.1 Å². The molecule has 1 atom stereocenters. The summed E-state index contributed by atoms with van der Waals surface area (Å²) in [5.74, 6) is 0.402. The first-order valence-corrected chi connectivity index (χ1v) is 6.75. The predicted molar refractivity (Wildman–Crippen MR) is 73.4 cm³/mol. The number of carbonyl (C=O) groups is 1. The van der Waals surface area contributed by atoms with Gasteiger partial charge in [0.1, 0.15) is 0 Å². The largest absolute Gasteiger partial charge is 0.348 e. The third kappa shape index (κ3) is 3.33. The van der Waals surface area contributed by atoms with Gasteiger partial charge in [-0.1, -0.05) is 12.8 Å². The Labute approximate surface area is 113 Å². The molecular formula is C15H19N3O. The minimum absolute atomic E-state index is 0.0608. The van der Waals surface area contributed by atoms with Gasteiger partial charge in [0.15, 0.2) is 0 Å². The van der Waals surface area contributed by atoms with Crippen LogP contribution in [0.15, 0.2) is 24.3 Å². The molecule has 0 aromatic heterocycles. The molecule has 1 unspecified atom stereocenters. The first-order chi connectivity index (χ1) is 9.24. The molecule has 4 nitrogen and oxygen atoms in total. The van der Waals surface area contributed by atoms with E-state index in [0.717, 1.165) is 12.8 Å². The lowest BCUT2D eigenvalue weighted by Crippen LogP contribution is -2.44. The second-order valence-corrected chi connectivity index (χ2v) is 5.05. The molecule has 100 valence electrons. The van der Waals surface area contributed by atoms with Crippen molar-refractivity contribution in [3.05, 3.63) is 35.4 Å². The Morgan fingerprint density at radius 1 is 1.37 bits per heavy atom. The van der Waals surface area contributed by atoms with E-state index >= 15 is 0 Å². The van der Waals surface area contributed by atoms with Crippen LogP contribution in [0.3, 0.4) is 0 Å². The number of amides is 1. The van der Waals surface area contributed by atoms with Gasteiger partial charge in [0, 0.05) is 18.2 Å². The van der Waals surface area contributed by atoms with E-state index < -0.39 is 0 Å². The Bertz CT molecular complexity index is 469. The highest BCUT2D eigenvalue weighted by Crippen LogP contribution is 2.27. The first-order valence-electron chi connectivity index (χ1n) is 6.75. The minimum atomic E-state index is -0.105. The molecule has 3 N–H and O–H groups in total. The van der Waals surface area contributed by atoms with Gasteiger partial charge >= 0.3 is 0 Å². The lowest BCUT2D eigenvalue weighted by atomic mass is 9.98. The molecular weight excluding hydrogens is 238 g/mol. The third-order valence-electron chi connectivity index (χ3n) is 3.82. The van der Waals surface area contributed by atoms with Gasteiger partial charge in [-0.15, -0.1) is 0 Å². The molecule has 0 spiro atoms. The summed E-state index contributed by atoms with van der Waals surface area (Å²) in [6.45, 7) is 0.479. The van der Waals surface area contributed by atoms with E-state index in [0.29, 0.717) is 23.6 Å². The van der Waals surface area contributed by atoms with Crippen LogP contribution in [-0.2, 0) is 0 Å². The van der Waals surface area contributed by atoms with Crippen LogP contribution in [-0.4, -0.2) is 18.5 Å². The number of nitrogens with two attached hydrogens (primary N) is 1. The van der Waals surface area contributed by atoms with Crippen LogP contribution in [0.4, 0.5) is 0 Å². The maximum absolute atomic E-state index is 12.1. The number of benzene rings is 1. The van der Waals surface area contributed by atoms with E-state index in [9.17, 15) is 4.79 Å². The van der Waals surface area contributed by atoms with E-state index in [-0.39, 0.29) is 11.9 Å². The monoisotopic (exact) mass is 257 g/mol. The summed E-state index contributed by atoms with van der Waals surface area (Å²) in [5.41, 5.74) is 6.90. The van der Waals surface area contributed by atoms with Crippen molar-refractivity contribution in [2.45, 2.75) is 31.7 Å². The molecule has 0 saturated heterocycles. The van der Waals surface area contributed by atoms with Crippen molar-refractivity contribution in [1.29, 1.82) is 5.26 Å². The highest BCUT2D eigenvalue weighted by molar-refractivity contribution is 5.94. The Balaban J connectivity index is 2.00. The van der Waals surface area contributed by atoms with Gasteiger partial charge in [0.25, 0.3) is 5.91 Å². The molecule has 1 aliphatic rings. The molecule has 1 amide bonds. The molecule has 1 aromatic carbocycles. The normalized spacial score (nSPS) is 16.8. The summed E-state index contributed by atoms with van der Waals surface area (Å²) in [6.07, 6.45) is 4.76. The third-order valence-corrected chi connectivity index (χ3v) is 3.82. The van der Waals surface area contributed by atoms with Gasteiger partial charge in [0.2, 0.25) is 0 Å². The van der Waals surface area contributed by atoms with Crippen LogP contribution in [0.25, 0.3) is 0 Å². The van der Waals surface area contributed by atoms with E-state index in [1.165, 1.54) is 12.8 Å². The van der Waals surface area contributed by atoms with Crippen LogP contribution in [0.5, 0.6) is 0 Å². The fourth-order valence-electron chi connectivity index (χ4n) is 2.68. The highest BCUT2D eigenvalue weighted by atomic mass is 16.1. The summed E-state index contributed by atoms with van der Waals surface area (Å²) in [5, 5.41) is 11.7. The van der Waals surface area contributed by atoms with Crippen LogP contribution in [0.2, 0.25) is 0 Å². The lowest BCUT2D eigenvalue weighted by Gasteiger charge is -2.23. The van der Waals surface area contributed by atoms with Crippen LogP contribution in [0, 0.1) is 17.2 Å². The average molecular weight is 257 g/mol. The molecule has 4 heteroatoms. The summed E-state index contributed by atoms with van der Waals surface area (Å²) in [4.78, 5) is 12.1. The van der Waals surface area contributed by atoms with Crippen molar-refractivity contribution in [3.63, 3.8) is 0 Å². The Morgan fingerprint density at radius 3 is 2.53 bits per heavy atom. The zero-order valence-electron chi connectivity index (χ0n) is 10.9. The van der Waals surface area contributed by atoms with Crippen molar-refractivity contribution >= 4 is 5.91 Å². The number of nitrogens with one attached hydrogen (secondary N) is 1. The van der Waals surface area contributed by atoms with Crippen LogP contribution in [0.1, 0.15) is 41.6 Å². The summed E-state index contributed by atoms with van der Waals surface area (Å²) in [7, 11) is 0. The van der Waals surface area contributed by atoms with Crippen molar-refractivity contribution in [2.75, 3.05) is 6.54 Å². The molecule has 0 heterocycles. The second-order valence-electron chi connectivity index (χ2n) is 5.05. The maximum atomic E-state index is 12.1. The maximum Gasteiger partial charge on any atom is 0.251 e. The molecule has 1 aromatic rings. The van der Waals surface area contributed by atoms with Crippen molar-refractivity contribution < 1.29 is 4.79 Å². The Hall–Kier alpha value is -1.86. The van der Waals surface area contributed by atoms with Gasteiger partial charge in [-0.2, -0.15) is 5.26 Å². The quantitative estimate of drug-likeness (QED) is 0.863. The van der Waals surface area contributed by atoms with Crippen LogP contribution >= 0.6 is 0 Å². The van der Waals surface area contributed by atoms with E-state index in [1.54, 1.807) is 24.3 Å². The number of nitriles is 1. The summed E-state index contributed by atoms with van der Waals surface area (Å²) < 4.78 is 0. The number of carbonyl (C=O) groups excluding carboxylic acids is 1. The Kier molecular flexibility index (Phi) is 4.53. The van der Waals surface area contributed by atoms with Gasteiger partial charge < -0.3 is 11.1 Å². The molecule has 19 heavy (non-hydrogen) atoms. The molecule has 0 radical (unpaired) electrons. The highest BCUT2D eigenvalue weighted by Gasteiger charge is 2.25. The summed E-state index contributed by atoms with van der Waals surface area (Å²) >= 11 is 0. The molecule has 1 aliphatic carbocycles. The lowest BCUT2D eigenvalue weighted by molar-refractivity contribution is 0.0924. The number of nitrogens with zero attached hydrogens (tertiary/aromatic N) is 1. The molecule has 2 rings (SSSR count). The number of rotatable bonds is 4. The van der Waals surface area contributed by atoms with Gasteiger partial charge in [-0.25, -0.2) is 0 Å². The smallest absolute Gasteiger partial charge is 0.251 e. The van der Waals surface area contributed by atoms with E-state index in [2.05, 4.69) is 5.32 Å². The van der Waals surface area contributed by atoms with Crippen molar-refractivity contribution in [2.24, 2.45) is 11.7 Å². The average Bonchev–Trinajstić information content (AvgIpc) is 2.98. The van der Waals surface area contributed by atoms with Crippen molar-refractivity contribution in [1.82, 2.24) is 5.32 Å². The number of hydrogen-bond acceptors (Lipinski definition) is 3. The zero-order chi connectivity index (χ0) is 13.7. The zero-order valence-corrected chi connectivity index (χ0v) is 10.9. The SMILES string of the molecule is N#Cc1ccc(C(=O)NC(CN)C2CCCC2)cc1. The first kappa shape index (κ1) is 13.6. The Morgan fingerprint density at radius 2 is 2.00 bits per heavy atom. The predicted octanol–water partition coefficient (Wildman–Crippen LogP) is 1.81. The molecule has 0 aliphatic heterocycles. The summed E-state index contributed by atoms with van der Waals surface area (Å²) in [6, 6.07) is 8.76. The topological polar surface area (TPSA) is 78.9 Å². The second kappa shape index (κ2) is 6.35. The standard InChI is InChI=1S/C15H19N3O/c16-9-11-5-7-13(8-6-11)15(19)18-14(10-17)12-3-1-2-4-12/h5-8,12,14H,1-4,10,17H2,(H,18,19). The molecule has 0 bridgehead atoms. The molecule has 1 saturated carbocycles. The minimum Gasteiger partial charge on any atom is -0.348 e. The van der Waals surface area contributed by atoms with Gasteiger partial charge in [-0.05, 0) is 43.0 Å². The van der Waals surface area contributed by atoms with Gasteiger partial charge in [0.05, 0.1) is 11.6 Å².